The Morgan fingerprint density at radius 1 is 1.28 bits per heavy atom. The molecule has 0 bridgehead atoms. The molecule has 0 radical (unpaired) electrons. The van der Waals surface area contributed by atoms with Crippen LogP contribution in [0.25, 0.3) is 0 Å². The van der Waals surface area contributed by atoms with Crippen molar-refractivity contribution in [3.63, 3.8) is 0 Å². The summed E-state index contributed by atoms with van der Waals surface area (Å²) in [6.07, 6.45) is 0.147. The van der Waals surface area contributed by atoms with Crippen LogP contribution in [0, 0.1) is 6.92 Å². The van der Waals surface area contributed by atoms with E-state index in [1.165, 1.54) is 11.0 Å². The lowest BCUT2D eigenvalue weighted by molar-refractivity contribution is -0.133. The minimum absolute atomic E-state index is 0.0923. The molecule has 0 saturated heterocycles. The predicted octanol–water partition coefficient (Wildman–Crippen LogP) is 3.01. The number of likely N-dealkylation sites (N-methyl/N-ethyl adjacent to an activating group) is 1. The Bertz CT molecular complexity index is 847. The van der Waals surface area contributed by atoms with E-state index in [0.717, 1.165) is 17.0 Å². The maximum atomic E-state index is 12.1. The number of amides is 2. The van der Waals surface area contributed by atoms with Crippen LogP contribution in [0.1, 0.15) is 12.1 Å². The van der Waals surface area contributed by atoms with E-state index in [1.807, 2.05) is 6.92 Å². The van der Waals surface area contributed by atoms with E-state index in [2.05, 4.69) is 5.32 Å². The van der Waals surface area contributed by atoms with E-state index < -0.39 is 0 Å². The monoisotopic (exact) mass is 401 g/mol. The molecule has 1 N–H and O–H groups in total. The molecule has 134 valence electrons. The lowest BCUT2D eigenvalue weighted by Gasteiger charge is -2.17. The van der Waals surface area contributed by atoms with Gasteiger partial charge in [0.1, 0.15) is 0 Å². The molecule has 0 spiro atoms. The molecular weight excluding hydrogens is 385 g/mol. The molecule has 1 aromatic carbocycles. The van der Waals surface area contributed by atoms with Crippen LogP contribution in [0.4, 0.5) is 5.69 Å². The maximum absolute atomic E-state index is 12.1. The molecule has 0 aliphatic heterocycles. The van der Waals surface area contributed by atoms with Gasteiger partial charge in [0.2, 0.25) is 11.8 Å². The van der Waals surface area contributed by atoms with Crippen LogP contribution >= 0.6 is 34.5 Å². The van der Waals surface area contributed by atoms with Crippen molar-refractivity contribution in [2.24, 2.45) is 0 Å². The number of hydrogen-bond donors (Lipinski definition) is 1. The standard InChI is InChI=1S/C16H17Cl2N3O3S/c1-10-9-25-16(24)21(10)6-5-15(23)20(2)8-14(22)19-11-3-4-12(17)13(18)7-11/h3-4,7,9H,5-6,8H2,1-2H3,(H,19,22). The number of carbonyl (C=O) groups is 2. The van der Waals surface area contributed by atoms with E-state index in [4.69, 9.17) is 23.2 Å². The lowest BCUT2D eigenvalue weighted by atomic mass is 10.3. The third kappa shape index (κ3) is 5.32. The second-order valence-corrected chi connectivity index (χ2v) is 7.11. The molecule has 0 unspecified atom stereocenters. The van der Waals surface area contributed by atoms with Crippen LogP contribution in [0.15, 0.2) is 28.4 Å². The number of carbonyl (C=O) groups excluding carboxylic acids is 2. The number of anilines is 1. The fourth-order valence-corrected chi connectivity index (χ4v) is 3.21. The van der Waals surface area contributed by atoms with Crippen molar-refractivity contribution >= 4 is 52.0 Å². The van der Waals surface area contributed by atoms with Crippen molar-refractivity contribution in [3.8, 4) is 0 Å². The second kappa shape index (κ2) is 8.51. The van der Waals surface area contributed by atoms with Gasteiger partial charge in [-0.15, -0.1) is 0 Å². The summed E-state index contributed by atoms with van der Waals surface area (Å²) in [5.74, 6) is -0.570. The largest absolute Gasteiger partial charge is 0.336 e. The summed E-state index contributed by atoms with van der Waals surface area (Å²) >= 11 is 12.8. The SMILES string of the molecule is Cc1csc(=O)n1CCC(=O)N(C)CC(=O)Nc1ccc(Cl)c(Cl)c1. The molecule has 25 heavy (non-hydrogen) atoms. The van der Waals surface area contributed by atoms with Gasteiger partial charge in [-0.2, -0.15) is 0 Å². The van der Waals surface area contributed by atoms with Gasteiger partial charge in [0.15, 0.2) is 0 Å². The average Bonchev–Trinajstić information content (AvgIpc) is 2.87. The van der Waals surface area contributed by atoms with Crippen molar-refractivity contribution < 1.29 is 9.59 Å². The highest BCUT2D eigenvalue weighted by atomic mass is 35.5. The van der Waals surface area contributed by atoms with Crippen LogP contribution in [0.3, 0.4) is 0 Å². The van der Waals surface area contributed by atoms with Crippen LogP contribution < -0.4 is 10.2 Å². The summed E-state index contributed by atoms with van der Waals surface area (Å²) in [7, 11) is 1.54. The Hall–Kier alpha value is -1.83. The molecule has 2 rings (SSSR count). The fourth-order valence-electron chi connectivity index (χ4n) is 2.15. The second-order valence-electron chi connectivity index (χ2n) is 5.47. The Labute approximate surface area is 159 Å². The highest BCUT2D eigenvalue weighted by Crippen LogP contribution is 2.24. The van der Waals surface area contributed by atoms with Crippen molar-refractivity contribution in [1.82, 2.24) is 9.47 Å². The number of aromatic nitrogens is 1. The molecule has 0 aliphatic rings. The van der Waals surface area contributed by atoms with E-state index in [1.54, 1.807) is 29.1 Å². The average molecular weight is 402 g/mol. The van der Waals surface area contributed by atoms with Crippen LogP contribution in [0.2, 0.25) is 10.0 Å². The Morgan fingerprint density at radius 3 is 2.60 bits per heavy atom. The smallest absolute Gasteiger partial charge is 0.307 e. The minimum atomic E-state index is -0.349. The van der Waals surface area contributed by atoms with Gasteiger partial charge < -0.3 is 14.8 Å². The number of halogens is 2. The normalized spacial score (nSPS) is 10.6. The number of benzene rings is 1. The van der Waals surface area contributed by atoms with Gasteiger partial charge in [-0.05, 0) is 25.1 Å². The summed E-state index contributed by atoms with van der Waals surface area (Å²) in [6, 6.07) is 4.74. The summed E-state index contributed by atoms with van der Waals surface area (Å²) in [5, 5.41) is 5.13. The minimum Gasteiger partial charge on any atom is -0.336 e. The van der Waals surface area contributed by atoms with Gasteiger partial charge in [0.25, 0.3) is 0 Å². The molecule has 0 aliphatic carbocycles. The first-order chi connectivity index (χ1) is 11.8. The van der Waals surface area contributed by atoms with Gasteiger partial charge in [-0.25, -0.2) is 0 Å². The van der Waals surface area contributed by atoms with E-state index >= 15 is 0 Å². The molecule has 0 fully saturated rings. The third-order valence-electron chi connectivity index (χ3n) is 3.54. The van der Waals surface area contributed by atoms with Gasteiger partial charge in [-0.1, -0.05) is 34.5 Å². The fraction of sp³-hybridized carbons (Fsp3) is 0.312. The lowest BCUT2D eigenvalue weighted by Crippen LogP contribution is -2.35. The number of aryl methyl sites for hydroxylation is 1. The first kappa shape index (κ1) is 19.5. The first-order valence-electron chi connectivity index (χ1n) is 7.41. The summed E-state index contributed by atoms with van der Waals surface area (Å²) in [4.78, 5) is 37.0. The number of rotatable bonds is 6. The zero-order chi connectivity index (χ0) is 18.6. The molecule has 6 nitrogen and oxygen atoms in total. The van der Waals surface area contributed by atoms with Crippen LogP contribution in [-0.4, -0.2) is 34.9 Å². The van der Waals surface area contributed by atoms with Crippen molar-refractivity contribution in [1.29, 1.82) is 0 Å². The Kier molecular flexibility index (Phi) is 6.64. The summed E-state index contributed by atoms with van der Waals surface area (Å²) in [6.45, 7) is 2.01. The number of hydrogen-bond acceptors (Lipinski definition) is 4. The topological polar surface area (TPSA) is 71.4 Å². The molecule has 1 heterocycles. The third-order valence-corrected chi connectivity index (χ3v) is 5.16. The highest BCUT2D eigenvalue weighted by Gasteiger charge is 2.14. The number of nitrogens with one attached hydrogen (secondary N) is 1. The molecule has 2 aromatic rings. The van der Waals surface area contributed by atoms with E-state index in [-0.39, 0.29) is 29.7 Å². The van der Waals surface area contributed by atoms with Crippen LogP contribution in [-0.2, 0) is 16.1 Å². The molecule has 0 saturated carbocycles. The molecule has 0 atom stereocenters. The molecule has 2 amide bonds. The quantitative estimate of drug-likeness (QED) is 0.808. The van der Waals surface area contributed by atoms with E-state index in [9.17, 15) is 14.4 Å². The molecule has 9 heteroatoms. The van der Waals surface area contributed by atoms with Crippen molar-refractivity contribution in [3.05, 3.63) is 49.0 Å². The van der Waals surface area contributed by atoms with E-state index in [0.29, 0.717) is 22.3 Å². The summed E-state index contributed by atoms with van der Waals surface area (Å²) < 4.78 is 1.55. The number of nitrogens with zero attached hydrogens (tertiary/aromatic N) is 2. The van der Waals surface area contributed by atoms with Crippen LogP contribution in [0.5, 0.6) is 0 Å². The molecular formula is C16H17Cl2N3O3S. The van der Waals surface area contributed by atoms with Gasteiger partial charge in [0, 0.05) is 36.8 Å². The Balaban J connectivity index is 1.86. The van der Waals surface area contributed by atoms with Gasteiger partial charge >= 0.3 is 4.87 Å². The highest BCUT2D eigenvalue weighted by molar-refractivity contribution is 7.07. The zero-order valence-electron chi connectivity index (χ0n) is 13.7. The maximum Gasteiger partial charge on any atom is 0.307 e. The molecule has 1 aromatic heterocycles. The van der Waals surface area contributed by atoms with Gasteiger partial charge in [0.05, 0.1) is 16.6 Å². The summed E-state index contributed by atoms with van der Waals surface area (Å²) in [5.41, 5.74) is 1.32. The zero-order valence-corrected chi connectivity index (χ0v) is 16.0. The van der Waals surface area contributed by atoms with Crippen molar-refractivity contribution in [2.45, 2.75) is 19.9 Å². The number of thiazole rings is 1. The Morgan fingerprint density at radius 2 is 2.00 bits per heavy atom. The first-order valence-corrected chi connectivity index (χ1v) is 9.05. The predicted molar refractivity (Wildman–Crippen MR) is 101 cm³/mol. The van der Waals surface area contributed by atoms with Crippen molar-refractivity contribution in [2.75, 3.05) is 18.9 Å². The van der Waals surface area contributed by atoms with Gasteiger partial charge in [-0.3, -0.25) is 14.4 Å².